The zero-order chi connectivity index (χ0) is 19.2. The van der Waals surface area contributed by atoms with Crippen molar-refractivity contribution in [3.8, 4) is 5.75 Å². The van der Waals surface area contributed by atoms with Crippen LogP contribution in [0.1, 0.15) is 61.5 Å². The molecule has 0 aromatic carbocycles. The summed E-state index contributed by atoms with van der Waals surface area (Å²) in [4.78, 5) is 16.9. The standard InChI is InChI=1S/C20H28N6O2/c27-20(17-13-26(25-24-17)16-8-11-21-12-9-16)23-19-18(7-4-10-22-19)28-14-15-5-2-1-3-6-15/h4,7,10,13,15-16,21H,1-3,5-6,8-9,11-12,14H2,(H,22,23,27). The van der Waals surface area contributed by atoms with Crippen LogP contribution in [0.4, 0.5) is 5.82 Å². The average Bonchev–Trinajstić information content (AvgIpc) is 3.25. The third kappa shape index (κ3) is 4.67. The molecule has 2 aromatic heterocycles. The van der Waals surface area contributed by atoms with Crippen molar-refractivity contribution >= 4 is 11.7 Å². The Morgan fingerprint density at radius 2 is 2.04 bits per heavy atom. The second-order valence-corrected chi connectivity index (χ2v) is 7.68. The molecule has 0 bridgehead atoms. The summed E-state index contributed by atoms with van der Waals surface area (Å²) in [6, 6.07) is 3.95. The van der Waals surface area contributed by atoms with E-state index in [1.165, 1.54) is 32.1 Å². The number of rotatable bonds is 6. The van der Waals surface area contributed by atoms with Gasteiger partial charge in [-0.1, -0.05) is 24.5 Å². The maximum atomic E-state index is 12.6. The van der Waals surface area contributed by atoms with E-state index in [9.17, 15) is 4.79 Å². The van der Waals surface area contributed by atoms with Crippen LogP contribution in [0, 0.1) is 5.92 Å². The summed E-state index contributed by atoms with van der Waals surface area (Å²) in [7, 11) is 0. The van der Waals surface area contributed by atoms with Gasteiger partial charge >= 0.3 is 0 Å². The van der Waals surface area contributed by atoms with E-state index in [-0.39, 0.29) is 5.91 Å². The van der Waals surface area contributed by atoms with E-state index in [1.54, 1.807) is 17.1 Å². The number of aromatic nitrogens is 4. The predicted octanol–water partition coefficient (Wildman–Crippen LogP) is 2.81. The van der Waals surface area contributed by atoms with Crippen LogP contribution in [0.3, 0.4) is 0 Å². The molecule has 1 saturated carbocycles. The zero-order valence-corrected chi connectivity index (χ0v) is 16.1. The number of hydrogen-bond donors (Lipinski definition) is 2. The molecule has 2 fully saturated rings. The van der Waals surface area contributed by atoms with Crippen LogP contribution >= 0.6 is 0 Å². The molecule has 28 heavy (non-hydrogen) atoms. The van der Waals surface area contributed by atoms with Crippen molar-refractivity contribution in [2.75, 3.05) is 25.0 Å². The minimum absolute atomic E-state index is 0.291. The molecule has 3 heterocycles. The van der Waals surface area contributed by atoms with E-state index in [0.29, 0.717) is 35.8 Å². The summed E-state index contributed by atoms with van der Waals surface area (Å²) in [6.45, 7) is 2.59. The van der Waals surface area contributed by atoms with Gasteiger partial charge in [-0.2, -0.15) is 0 Å². The summed E-state index contributed by atoms with van der Waals surface area (Å²) in [6.07, 6.45) is 11.6. The first kappa shape index (κ1) is 18.9. The Labute approximate surface area is 165 Å². The molecule has 4 rings (SSSR count). The van der Waals surface area contributed by atoms with Gasteiger partial charge in [0.1, 0.15) is 0 Å². The van der Waals surface area contributed by atoms with E-state index >= 15 is 0 Å². The molecule has 1 amide bonds. The summed E-state index contributed by atoms with van der Waals surface area (Å²) < 4.78 is 7.79. The quantitative estimate of drug-likeness (QED) is 0.795. The maximum Gasteiger partial charge on any atom is 0.279 e. The number of nitrogens with zero attached hydrogens (tertiary/aromatic N) is 4. The Morgan fingerprint density at radius 3 is 2.86 bits per heavy atom. The van der Waals surface area contributed by atoms with Gasteiger partial charge in [0.05, 0.1) is 18.8 Å². The fourth-order valence-corrected chi connectivity index (χ4v) is 3.96. The fraction of sp³-hybridized carbons (Fsp3) is 0.600. The first-order valence-corrected chi connectivity index (χ1v) is 10.3. The van der Waals surface area contributed by atoms with Gasteiger partial charge in [0.15, 0.2) is 17.3 Å². The molecule has 1 saturated heterocycles. The third-order valence-corrected chi connectivity index (χ3v) is 5.63. The normalized spacial score (nSPS) is 18.7. The van der Waals surface area contributed by atoms with Gasteiger partial charge in [0.25, 0.3) is 5.91 Å². The van der Waals surface area contributed by atoms with Crippen molar-refractivity contribution in [3.63, 3.8) is 0 Å². The second kappa shape index (κ2) is 9.14. The van der Waals surface area contributed by atoms with E-state index in [1.807, 2.05) is 12.1 Å². The molecule has 150 valence electrons. The highest BCUT2D eigenvalue weighted by molar-refractivity contribution is 6.02. The highest BCUT2D eigenvalue weighted by atomic mass is 16.5. The minimum atomic E-state index is -0.318. The molecule has 2 N–H and O–H groups in total. The molecule has 0 radical (unpaired) electrons. The van der Waals surface area contributed by atoms with Crippen molar-refractivity contribution in [3.05, 3.63) is 30.2 Å². The number of carbonyl (C=O) groups excluding carboxylic acids is 1. The van der Waals surface area contributed by atoms with Gasteiger partial charge in [0, 0.05) is 6.20 Å². The molecule has 1 aliphatic heterocycles. The summed E-state index contributed by atoms with van der Waals surface area (Å²) in [5.74, 6) is 1.30. The molecule has 2 aliphatic rings. The van der Waals surface area contributed by atoms with Crippen molar-refractivity contribution in [1.29, 1.82) is 0 Å². The number of ether oxygens (including phenoxy) is 1. The Bertz CT molecular complexity index is 781. The SMILES string of the molecule is O=C(Nc1ncccc1OCC1CCCCC1)c1cn(C2CCNCC2)nn1. The van der Waals surface area contributed by atoms with E-state index in [2.05, 4.69) is 25.9 Å². The number of anilines is 1. The van der Waals surface area contributed by atoms with Gasteiger partial charge < -0.3 is 15.4 Å². The molecule has 0 unspecified atom stereocenters. The van der Waals surface area contributed by atoms with Crippen LogP contribution < -0.4 is 15.4 Å². The monoisotopic (exact) mass is 384 g/mol. The molecule has 1 aliphatic carbocycles. The summed E-state index contributed by atoms with van der Waals surface area (Å²) in [5.41, 5.74) is 0.294. The van der Waals surface area contributed by atoms with Crippen LogP contribution in [0.25, 0.3) is 0 Å². The van der Waals surface area contributed by atoms with Gasteiger partial charge in [-0.25, -0.2) is 9.67 Å². The minimum Gasteiger partial charge on any atom is -0.489 e. The summed E-state index contributed by atoms with van der Waals surface area (Å²) in [5, 5.41) is 14.4. The van der Waals surface area contributed by atoms with E-state index in [4.69, 9.17) is 4.74 Å². The smallest absolute Gasteiger partial charge is 0.279 e. The molecule has 8 nitrogen and oxygen atoms in total. The Balaban J connectivity index is 1.38. The van der Waals surface area contributed by atoms with Gasteiger partial charge in [-0.05, 0) is 56.8 Å². The van der Waals surface area contributed by atoms with Crippen molar-refractivity contribution in [2.24, 2.45) is 5.92 Å². The van der Waals surface area contributed by atoms with Gasteiger partial charge in [-0.15, -0.1) is 5.10 Å². The van der Waals surface area contributed by atoms with Crippen LogP contribution in [0.2, 0.25) is 0 Å². The Morgan fingerprint density at radius 1 is 1.21 bits per heavy atom. The Hall–Kier alpha value is -2.48. The molecule has 8 heteroatoms. The lowest BCUT2D eigenvalue weighted by molar-refractivity contribution is 0.102. The molecular weight excluding hydrogens is 356 g/mol. The topological polar surface area (TPSA) is 94.0 Å². The highest BCUT2D eigenvalue weighted by Gasteiger charge is 2.20. The van der Waals surface area contributed by atoms with Crippen LogP contribution in [-0.2, 0) is 0 Å². The van der Waals surface area contributed by atoms with Crippen molar-refractivity contribution in [1.82, 2.24) is 25.3 Å². The fourth-order valence-electron chi connectivity index (χ4n) is 3.96. The lowest BCUT2D eigenvalue weighted by Crippen LogP contribution is -2.29. The highest BCUT2D eigenvalue weighted by Crippen LogP contribution is 2.27. The second-order valence-electron chi connectivity index (χ2n) is 7.68. The third-order valence-electron chi connectivity index (χ3n) is 5.63. The predicted molar refractivity (Wildman–Crippen MR) is 105 cm³/mol. The lowest BCUT2D eigenvalue weighted by atomic mass is 9.90. The number of piperidine rings is 1. The first-order valence-electron chi connectivity index (χ1n) is 10.3. The zero-order valence-electron chi connectivity index (χ0n) is 16.1. The number of carbonyl (C=O) groups is 1. The largest absolute Gasteiger partial charge is 0.489 e. The van der Waals surface area contributed by atoms with Crippen molar-refractivity contribution in [2.45, 2.75) is 51.0 Å². The van der Waals surface area contributed by atoms with Crippen LogP contribution in [-0.4, -0.2) is 45.6 Å². The number of nitrogens with one attached hydrogen (secondary N) is 2. The molecule has 0 atom stereocenters. The average molecular weight is 384 g/mol. The first-order chi connectivity index (χ1) is 13.8. The van der Waals surface area contributed by atoms with Gasteiger partial charge in [0.2, 0.25) is 0 Å². The van der Waals surface area contributed by atoms with Gasteiger partial charge in [-0.3, -0.25) is 4.79 Å². The lowest BCUT2D eigenvalue weighted by Gasteiger charge is -2.22. The molecule has 0 spiro atoms. The van der Waals surface area contributed by atoms with Crippen molar-refractivity contribution < 1.29 is 9.53 Å². The molecule has 2 aromatic rings. The number of pyridine rings is 1. The van der Waals surface area contributed by atoms with E-state index in [0.717, 1.165) is 25.9 Å². The Kier molecular flexibility index (Phi) is 6.16. The van der Waals surface area contributed by atoms with E-state index < -0.39 is 0 Å². The number of amides is 1. The summed E-state index contributed by atoms with van der Waals surface area (Å²) >= 11 is 0. The maximum absolute atomic E-state index is 12.6. The van der Waals surface area contributed by atoms with Crippen LogP contribution in [0.5, 0.6) is 5.75 Å². The molecular formula is C20H28N6O2. The van der Waals surface area contributed by atoms with Crippen LogP contribution in [0.15, 0.2) is 24.5 Å². The number of hydrogen-bond acceptors (Lipinski definition) is 6.